The van der Waals surface area contributed by atoms with Gasteiger partial charge in [-0.25, -0.2) is 4.98 Å². The first-order chi connectivity index (χ1) is 10.2. The first-order valence-electron chi connectivity index (χ1n) is 6.57. The lowest BCUT2D eigenvalue weighted by Crippen LogP contribution is -2.23. The lowest BCUT2D eigenvalue weighted by atomic mass is 10.2. The third kappa shape index (κ3) is 3.03. The molecule has 0 aliphatic carbocycles. The topological polar surface area (TPSA) is 55.1 Å². The molecule has 4 nitrogen and oxygen atoms in total. The van der Waals surface area contributed by atoms with Gasteiger partial charge in [-0.15, -0.1) is 11.3 Å². The quantitative estimate of drug-likeness (QED) is 0.800. The molecule has 0 atom stereocenters. The van der Waals surface area contributed by atoms with E-state index in [4.69, 9.17) is 4.42 Å². The first-order valence-corrected chi connectivity index (χ1v) is 7.39. The number of hydrogen-bond donors (Lipinski definition) is 1. The van der Waals surface area contributed by atoms with Crippen molar-refractivity contribution in [1.82, 2.24) is 10.3 Å². The summed E-state index contributed by atoms with van der Waals surface area (Å²) in [6, 6.07) is 13.5. The van der Waals surface area contributed by atoms with E-state index in [1.165, 1.54) is 11.3 Å². The molecular formula is C16H14N2O2S. The van der Waals surface area contributed by atoms with Crippen molar-refractivity contribution in [1.29, 1.82) is 0 Å². The zero-order chi connectivity index (χ0) is 14.7. The van der Waals surface area contributed by atoms with Gasteiger partial charge in [0.1, 0.15) is 16.5 Å². The second-order valence-corrected chi connectivity index (χ2v) is 5.76. The fourth-order valence-corrected chi connectivity index (χ4v) is 2.89. The van der Waals surface area contributed by atoms with Crippen molar-refractivity contribution >= 4 is 17.2 Å². The van der Waals surface area contributed by atoms with Crippen LogP contribution in [-0.2, 0) is 6.54 Å². The Balaban J connectivity index is 1.76. The normalized spacial score (nSPS) is 10.5. The highest BCUT2D eigenvalue weighted by atomic mass is 32.1. The number of hydrogen-bond acceptors (Lipinski definition) is 4. The second kappa shape index (κ2) is 5.93. The molecule has 0 unspecified atom stereocenters. The van der Waals surface area contributed by atoms with Crippen LogP contribution in [0.4, 0.5) is 0 Å². The molecule has 2 aromatic heterocycles. The minimum atomic E-state index is -0.178. The summed E-state index contributed by atoms with van der Waals surface area (Å²) in [7, 11) is 0. The van der Waals surface area contributed by atoms with Crippen LogP contribution in [-0.4, -0.2) is 10.9 Å². The second-order valence-electron chi connectivity index (χ2n) is 4.55. The van der Waals surface area contributed by atoms with Gasteiger partial charge in [-0.1, -0.05) is 30.3 Å². The van der Waals surface area contributed by atoms with Gasteiger partial charge in [-0.2, -0.15) is 0 Å². The van der Waals surface area contributed by atoms with E-state index in [9.17, 15) is 4.79 Å². The van der Waals surface area contributed by atoms with E-state index in [1.807, 2.05) is 43.3 Å². The molecule has 21 heavy (non-hydrogen) atoms. The largest absolute Gasteiger partial charge is 0.467 e. The predicted octanol–water partition coefficient (Wildman–Crippen LogP) is 3.64. The van der Waals surface area contributed by atoms with Crippen molar-refractivity contribution in [2.45, 2.75) is 13.5 Å². The van der Waals surface area contributed by atoms with Gasteiger partial charge in [-0.3, -0.25) is 4.79 Å². The highest BCUT2D eigenvalue weighted by Gasteiger charge is 2.16. The Labute approximate surface area is 126 Å². The third-order valence-corrected chi connectivity index (χ3v) is 4.06. The number of carbonyl (C=O) groups excluding carboxylic acids is 1. The molecule has 1 amide bonds. The number of benzene rings is 1. The Bertz CT molecular complexity index is 733. The van der Waals surface area contributed by atoms with Crippen LogP contribution in [0, 0.1) is 6.92 Å². The fraction of sp³-hybridized carbons (Fsp3) is 0.125. The van der Waals surface area contributed by atoms with Crippen molar-refractivity contribution in [2.24, 2.45) is 0 Å². The number of furan rings is 1. The van der Waals surface area contributed by atoms with Gasteiger partial charge < -0.3 is 9.73 Å². The van der Waals surface area contributed by atoms with Crippen LogP contribution in [0.3, 0.4) is 0 Å². The molecule has 0 aliphatic heterocycles. The van der Waals surface area contributed by atoms with E-state index in [0.29, 0.717) is 12.2 Å². The number of thiazole rings is 1. The molecule has 0 aliphatic rings. The fourth-order valence-electron chi connectivity index (χ4n) is 1.98. The van der Waals surface area contributed by atoms with Crippen molar-refractivity contribution in [3.05, 3.63) is 65.1 Å². The number of aromatic nitrogens is 1. The molecule has 0 saturated carbocycles. The lowest BCUT2D eigenvalue weighted by Gasteiger charge is -2.01. The summed E-state index contributed by atoms with van der Waals surface area (Å²) < 4.78 is 5.19. The molecule has 0 bridgehead atoms. The average molecular weight is 298 g/mol. The summed E-state index contributed by atoms with van der Waals surface area (Å²) in [5, 5.41) is 3.68. The minimum Gasteiger partial charge on any atom is -0.467 e. The van der Waals surface area contributed by atoms with Crippen molar-refractivity contribution < 1.29 is 9.21 Å². The van der Waals surface area contributed by atoms with E-state index in [1.54, 1.807) is 12.3 Å². The molecular weight excluding hydrogens is 284 g/mol. The number of aryl methyl sites for hydroxylation is 1. The first kappa shape index (κ1) is 13.6. The smallest absolute Gasteiger partial charge is 0.271 e. The summed E-state index contributed by atoms with van der Waals surface area (Å²) in [6.07, 6.45) is 1.59. The van der Waals surface area contributed by atoms with E-state index < -0.39 is 0 Å². The molecule has 1 N–H and O–H groups in total. The average Bonchev–Trinajstić information content (AvgIpc) is 3.15. The van der Waals surface area contributed by atoms with Gasteiger partial charge in [0.05, 0.1) is 12.8 Å². The summed E-state index contributed by atoms with van der Waals surface area (Å²) >= 11 is 1.52. The lowest BCUT2D eigenvalue weighted by molar-refractivity contribution is 0.0943. The molecule has 2 heterocycles. The summed E-state index contributed by atoms with van der Waals surface area (Å²) in [4.78, 5) is 17.6. The van der Waals surface area contributed by atoms with Crippen molar-refractivity contribution in [3.8, 4) is 10.6 Å². The molecule has 5 heteroatoms. The van der Waals surface area contributed by atoms with Gasteiger partial charge in [0.25, 0.3) is 5.91 Å². The molecule has 0 radical (unpaired) electrons. The Morgan fingerprint density at radius 2 is 2.05 bits per heavy atom. The molecule has 0 spiro atoms. The van der Waals surface area contributed by atoms with Crippen LogP contribution >= 0.6 is 11.3 Å². The molecule has 106 valence electrons. The zero-order valence-corrected chi connectivity index (χ0v) is 12.3. The van der Waals surface area contributed by atoms with Crippen molar-refractivity contribution in [3.63, 3.8) is 0 Å². The SMILES string of the molecule is Cc1sc(-c2ccccc2)nc1C(=O)NCc1ccco1. The zero-order valence-electron chi connectivity index (χ0n) is 11.5. The van der Waals surface area contributed by atoms with Gasteiger partial charge in [0.15, 0.2) is 0 Å². The van der Waals surface area contributed by atoms with Gasteiger partial charge in [0, 0.05) is 10.4 Å². The predicted molar refractivity (Wildman–Crippen MR) is 82.2 cm³/mol. The van der Waals surface area contributed by atoms with E-state index in [2.05, 4.69) is 10.3 Å². The standard InChI is InChI=1S/C16H14N2O2S/c1-11-14(15(19)17-10-13-8-5-9-20-13)18-16(21-11)12-6-3-2-4-7-12/h2-9H,10H2,1H3,(H,17,19). The molecule has 3 aromatic rings. The van der Waals surface area contributed by atoms with Crippen LogP contribution in [0.5, 0.6) is 0 Å². The van der Waals surface area contributed by atoms with Crippen LogP contribution in [0.1, 0.15) is 21.1 Å². The number of amides is 1. The summed E-state index contributed by atoms with van der Waals surface area (Å²) in [6.45, 7) is 2.27. The Morgan fingerprint density at radius 1 is 1.24 bits per heavy atom. The van der Waals surface area contributed by atoms with E-state index >= 15 is 0 Å². The number of nitrogens with one attached hydrogen (secondary N) is 1. The van der Waals surface area contributed by atoms with Crippen LogP contribution in [0.25, 0.3) is 10.6 Å². The monoisotopic (exact) mass is 298 g/mol. The highest BCUT2D eigenvalue weighted by molar-refractivity contribution is 7.15. The van der Waals surface area contributed by atoms with E-state index in [-0.39, 0.29) is 5.91 Å². The summed E-state index contributed by atoms with van der Waals surface area (Å²) in [5.41, 5.74) is 1.50. The Kier molecular flexibility index (Phi) is 3.83. The molecule has 0 fully saturated rings. The maximum absolute atomic E-state index is 12.2. The van der Waals surface area contributed by atoms with Crippen LogP contribution in [0.15, 0.2) is 53.1 Å². The van der Waals surface area contributed by atoms with Gasteiger partial charge in [-0.05, 0) is 19.1 Å². The van der Waals surface area contributed by atoms with Crippen molar-refractivity contribution in [2.75, 3.05) is 0 Å². The third-order valence-electron chi connectivity index (χ3n) is 3.04. The molecule has 0 saturated heterocycles. The maximum Gasteiger partial charge on any atom is 0.271 e. The molecule has 3 rings (SSSR count). The van der Waals surface area contributed by atoms with Gasteiger partial charge in [0.2, 0.25) is 0 Å². The molecule has 1 aromatic carbocycles. The van der Waals surface area contributed by atoms with E-state index in [0.717, 1.165) is 21.2 Å². The van der Waals surface area contributed by atoms with Crippen LogP contribution < -0.4 is 5.32 Å². The van der Waals surface area contributed by atoms with Gasteiger partial charge >= 0.3 is 0 Å². The number of carbonyl (C=O) groups is 1. The highest BCUT2D eigenvalue weighted by Crippen LogP contribution is 2.27. The number of nitrogens with zero attached hydrogens (tertiary/aromatic N) is 1. The van der Waals surface area contributed by atoms with Crippen LogP contribution in [0.2, 0.25) is 0 Å². The Morgan fingerprint density at radius 3 is 2.76 bits per heavy atom. The minimum absolute atomic E-state index is 0.178. The Hall–Kier alpha value is -2.40. The maximum atomic E-state index is 12.2. The summed E-state index contributed by atoms with van der Waals surface area (Å²) in [5.74, 6) is 0.543. The number of rotatable bonds is 4.